The molecule has 0 spiro atoms. The number of nitrogens with two attached hydrogens (primary N) is 1. The molecule has 0 aromatic carbocycles. The van der Waals surface area contributed by atoms with E-state index in [1.165, 1.54) is 25.7 Å². The van der Waals surface area contributed by atoms with Crippen LogP contribution in [0.5, 0.6) is 0 Å². The predicted molar refractivity (Wildman–Crippen MR) is 61.9 cm³/mol. The first-order valence-corrected chi connectivity index (χ1v) is 6.16. The third-order valence-electron chi connectivity index (χ3n) is 4.13. The van der Waals surface area contributed by atoms with Gasteiger partial charge in [-0.05, 0) is 26.7 Å². The zero-order valence-electron chi connectivity index (χ0n) is 10.1. The van der Waals surface area contributed by atoms with Crippen LogP contribution in [-0.4, -0.2) is 42.3 Å². The number of morpholine rings is 1. The van der Waals surface area contributed by atoms with Gasteiger partial charge < -0.3 is 10.5 Å². The highest BCUT2D eigenvalue weighted by Gasteiger charge is 2.46. The Balaban J connectivity index is 2.18. The second-order valence-corrected chi connectivity index (χ2v) is 5.65. The second kappa shape index (κ2) is 4.04. The van der Waals surface area contributed by atoms with Crippen molar-refractivity contribution in [3.05, 3.63) is 0 Å². The average Bonchev–Trinajstić information content (AvgIpc) is 2.66. The lowest BCUT2D eigenvalue weighted by molar-refractivity contribution is -0.102. The maximum absolute atomic E-state index is 6.04. The van der Waals surface area contributed by atoms with Gasteiger partial charge in [0.25, 0.3) is 0 Å². The summed E-state index contributed by atoms with van der Waals surface area (Å²) in [6, 6.07) is 0. The van der Waals surface area contributed by atoms with E-state index in [0.717, 1.165) is 26.3 Å². The zero-order valence-corrected chi connectivity index (χ0v) is 10.1. The molecule has 2 N–H and O–H groups in total. The van der Waals surface area contributed by atoms with Crippen LogP contribution in [-0.2, 0) is 4.74 Å². The van der Waals surface area contributed by atoms with Crippen LogP contribution in [0.1, 0.15) is 39.5 Å². The molecule has 1 saturated heterocycles. The Morgan fingerprint density at radius 1 is 1.27 bits per heavy atom. The van der Waals surface area contributed by atoms with Gasteiger partial charge in [-0.25, -0.2) is 0 Å². The molecule has 0 atom stereocenters. The number of nitrogens with zero attached hydrogens (tertiary/aromatic N) is 1. The molecule has 0 unspecified atom stereocenters. The largest absolute Gasteiger partial charge is 0.378 e. The van der Waals surface area contributed by atoms with E-state index in [1.54, 1.807) is 0 Å². The third kappa shape index (κ3) is 1.93. The first-order valence-electron chi connectivity index (χ1n) is 6.16. The number of hydrogen-bond donors (Lipinski definition) is 1. The first kappa shape index (κ1) is 11.4. The van der Waals surface area contributed by atoms with E-state index in [-0.39, 0.29) is 11.1 Å². The molecule has 0 amide bonds. The molecule has 0 bridgehead atoms. The normalized spacial score (nSPS) is 30.6. The molecule has 88 valence electrons. The van der Waals surface area contributed by atoms with E-state index in [4.69, 9.17) is 10.5 Å². The summed E-state index contributed by atoms with van der Waals surface area (Å²) in [5.41, 5.74) is 6.46. The minimum absolute atomic E-state index is 0.155. The highest BCUT2D eigenvalue weighted by Crippen LogP contribution is 2.39. The Labute approximate surface area is 93.0 Å². The van der Waals surface area contributed by atoms with Gasteiger partial charge in [-0.2, -0.15) is 0 Å². The van der Waals surface area contributed by atoms with Gasteiger partial charge in [0.15, 0.2) is 0 Å². The van der Waals surface area contributed by atoms with Crippen molar-refractivity contribution >= 4 is 0 Å². The number of hydrogen-bond acceptors (Lipinski definition) is 3. The molecule has 2 aliphatic rings. The quantitative estimate of drug-likeness (QED) is 0.751. The fraction of sp³-hybridized carbons (Fsp3) is 1.00. The standard InChI is InChI=1S/C12H24N2O/c1-11(2)10-15-8-7-14(11)12(9-13)5-3-4-6-12/h3-10,13H2,1-2H3. The van der Waals surface area contributed by atoms with Crippen LogP contribution in [0.25, 0.3) is 0 Å². The van der Waals surface area contributed by atoms with E-state index >= 15 is 0 Å². The van der Waals surface area contributed by atoms with Crippen molar-refractivity contribution in [1.29, 1.82) is 0 Å². The van der Waals surface area contributed by atoms with Crippen LogP contribution in [0.2, 0.25) is 0 Å². The minimum atomic E-state index is 0.155. The summed E-state index contributed by atoms with van der Waals surface area (Å²) < 4.78 is 5.58. The second-order valence-electron chi connectivity index (χ2n) is 5.65. The highest BCUT2D eigenvalue weighted by atomic mass is 16.5. The zero-order chi connectivity index (χ0) is 10.9. The minimum Gasteiger partial charge on any atom is -0.378 e. The molecular formula is C12H24N2O. The SMILES string of the molecule is CC1(C)COCCN1C1(CN)CCCC1. The van der Waals surface area contributed by atoms with Crippen LogP contribution in [0.3, 0.4) is 0 Å². The third-order valence-corrected chi connectivity index (χ3v) is 4.13. The summed E-state index contributed by atoms with van der Waals surface area (Å²) in [7, 11) is 0. The van der Waals surface area contributed by atoms with Gasteiger partial charge in [0.1, 0.15) is 0 Å². The van der Waals surface area contributed by atoms with Gasteiger partial charge in [-0.15, -0.1) is 0 Å². The molecule has 1 saturated carbocycles. The fourth-order valence-electron chi connectivity index (χ4n) is 3.35. The van der Waals surface area contributed by atoms with Gasteiger partial charge in [-0.1, -0.05) is 12.8 Å². The molecule has 2 fully saturated rings. The molecule has 1 heterocycles. The van der Waals surface area contributed by atoms with Crippen molar-refractivity contribution in [3.8, 4) is 0 Å². The van der Waals surface area contributed by atoms with E-state index < -0.39 is 0 Å². The molecule has 0 aromatic heterocycles. The molecule has 0 radical (unpaired) electrons. The maximum Gasteiger partial charge on any atom is 0.0645 e. The molecular weight excluding hydrogens is 188 g/mol. The van der Waals surface area contributed by atoms with E-state index in [2.05, 4.69) is 18.7 Å². The maximum atomic E-state index is 6.04. The van der Waals surface area contributed by atoms with Crippen molar-refractivity contribution < 1.29 is 4.74 Å². The molecule has 3 nitrogen and oxygen atoms in total. The smallest absolute Gasteiger partial charge is 0.0645 e. The van der Waals surface area contributed by atoms with Gasteiger partial charge in [-0.3, -0.25) is 4.90 Å². The summed E-state index contributed by atoms with van der Waals surface area (Å²) >= 11 is 0. The predicted octanol–water partition coefficient (Wildman–Crippen LogP) is 1.37. The van der Waals surface area contributed by atoms with Crippen LogP contribution in [0.15, 0.2) is 0 Å². The molecule has 3 heteroatoms. The number of ether oxygens (including phenoxy) is 1. The first-order chi connectivity index (χ1) is 7.11. The molecule has 0 aromatic rings. The highest BCUT2D eigenvalue weighted by molar-refractivity contribution is 5.02. The Kier molecular flexibility index (Phi) is 3.06. The molecule has 2 rings (SSSR count). The number of rotatable bonds is 2. The van der Waals surface area contributed by atoms with Crippen LogP contribution < -0.4 is 5.73 Å². The summed E-state index contributed by atoms with van der Waals surface area (Å²) in [6.07, 6.45) is 5.22. The molecule has 15 heavy (non-hydrogen) atoms. The van der Waals surface area contributed by atoms with Crippen molar-refractivity contribution in [1.82, 2.24) is 4.90 Å². The van der Waals surface area contributed by atoms with Crippen LogP contribution >= 0.6 is 0 Å². The Bertz CT molecular complexity index is 222. The monoisotopic (exact) mass is 212 g/mol. The topological polar surface area (TPSA) is 38.5 Å². The Hall–Kier alpha value is -0.120. The Morgan fingerprint density at radius 3 is 2.47 bits per heavy atom. The van der Waals surface area contributed by atoms with Gasteiger partial charge in [0.05, 0.1) is 13.2 Å². The van der Waals surface area contributed by atoms with Crippen molar-refractivity contribution in [3.63, 3.8) is 0 Å². The van der Waals surface area contributed by atoms with Crippen molar-refractivity contribution in [2.75, 3.05) is 26.3 Å². The summed E-state index contributed by atoms with van der Waals surface area (Å²) in [4.78, 5) is 2.62. The summed E-state index contributed by atoms with van der Waals surface area (Å²) in [5, 5.41) is 0. The van der Waals surface area contributed by atoms with Crippen molar-refractivity contribution in [2.45, 2.75) is 50.6 Å². The lowest BCUT2D eigenvalue weighted by Crippen LogP contribution is -2.65. The molecule has 1 aliphatic carbocycles. The van der Waals surface area contributed by atoms with Crippen LogP contribution in [0.4, 0.5) is 0 Å². The van der Waals surface area contributed by atoms with Crippen LogP contribution in [0, 0.1) is 0 Å². The van der Waals surface area contributed by atoms with Gasteiger partial charge in [0.2, 0.25) is 0 Å². The average molecular weight is 212 g/mol. The lowest BCUT2D eigenvalue weighted by atomic mass is 9.88. The van der Waals surface area contributed by atoms with Crippen molar-refractivity contribution in [2.24, 2.45) is 5.73 Å². The molecule has 1 aliphatic heterocycles. The van der Waals surface area contributed by atoms with Gasteiger partial charge >= 0.3 is 0 Å². The lowest BCUT2D eigenvalue weighted by Gasteiger charge is -2.52. The summed E-state index contributed by atoms with van der Waals surface area (Å²) in [5.74, 6) is 0. The van der Waals surface area contributed by atoms with Gasteiger partial charge in [0, 0.05) is 24.2 Å². The fourth-order valence-corrected chi connectivity index (χ4v) is 3.35. The van der Waals surface area contributed by atoms with E-state index in [1.807, 2.05) is 0 Å². The Morgan fingerprint density at radius 2 is 1.93 bits per heavy atom. The van der Waals surface area contributed by atoms with E-state index in [0.29, 0.717) is 0 Å². The summed E-state index contributed by atoms with van der Waals surface area (Å²) in [6.45, 7) is 8.12. The van der Waals surface area contributed by atoms with E-state index in [9.17, 15) is 0 Å².